The number of anilines is 2. The summed E-state index contributed by atoms with van der Waals surface area (Å²) in [6, 6.07) is 19.5. The lowest BCUT2D eigenvalue weighted by Crippen LogP contribution is -2.27. The topological polar surface area (TPSA) is 78.1 Å². The first kappa shape index (κ1) is 21.8. The number of hydrogen-bond acceptors (Lipinski definition) is 6. The first-order chi connectivity index (χ1) is 15.1. The molecule has 0 aliphatic heterocycles. The molecule has 0 aliphatic rings. The predicted molar refractivity (Wildman–Crippen MR) is 121 cm³/mol. The molecule has 0 saturated carbocycles. The zero-order chi connectivity index (χ0) is 22.2. The van der Waals surface area contributed by atoms with Crippen LogP contribution < -0.4 is 29.6 Å². The van der Waals surface area contributed by atoms with Crippen molar-refractivity contribution in [1.82, 2.24) is 0 Å². The van der Waals surface area contributed by atoms with Gasteiger partial charge in [0.1, 0.15) is 11.8 Å². The molecule has 3 rings (SSSR count). The molecule has 162 valence electrons. The Labute approximate surface area is 181 Å². The fourth-order valence-electron chi connectivity index (χ4n) is 3.19. The molecule has 0 saturated heterocycles. The van der Waals surface area contributed by atoms with Gasteiger partial charge in [0.2, 0.25) is 5.75 Å². The first-order valence-electron chi connectivity index (χ1n) is 9.66. The fourth-order valence-corrected chi connectivity index (χ4v) is 3.19. The van der Waals surface area contributed by atoms with Crippen molar-refractivity contribution >= 4 is 17.3 Å². The van der Waals surface area contributed by atoms with Gasteiger partial charge in [-0.1, -0.05) is 36.4 Å². The van der Waals surface area contributed by atoms with Crippen LogP contribution in [0.25, 0.3) is 0 Å². The molecule has 0 radical (unpaired) electrons. The molecule has 0 aromatic heterocycles. The molecular weight excluding hydrogens is 396 g/mol. The second-order valence-electron chi connectivity index (χ2n) is 6.62. The summed E-state index contributed by atoms with van der Waals surface area (Å²) in [6.07, 6.45) is 0. The monoisotopic (exact) mass is 422 g/mol. The Morgan fingerprint density at radius 2 is 1.42 bits per heavy atom. The molecule has 0 unspecified atom stereocenters. The van der Waals surface area contributed by atoms with E-state index in [-0.39, 0.29) is 5.91 Å². The van der Waals surface area contributed by atoms with Crippen molar-refractivity contribution in [3.05, 3.63) is 72.3 Å². The largest absolute Gasteiger partial charge is 0.497 e. The van der Waals surface area contributed by atoms with Gasteiger partial charge in [-0.15, -0.1) is 0 Å². The molecular formula is C24H26N2O5. The standard InChI is InChI=1S/C24H26N2O5/c1-28-19-12-8-11-17(13-19)26-24(27)22(16-9-6-5-7-10-16)25-18-14-20(29-2)23(31-4)21(15-18)30-3/h5-15,22,25H,1-4H3,(H,26,27)/t22-/m1/s1. The molecule has 2 N–H and O–H groups in total. The summed E-state index contributed by atoms with van der Waals surface area (Å²) < 4.78 is 21.5. The number of methoxy groups -OCH3 is 4. The van der Waals surface area contributed by atoms with Crippen LogP contribution in [0.5, 0.6) is 23.0 Å². The quantitative estimate of drug-likeness (QED) is 0.528. The number of benzene rings is 3. The number of carbonyl (C=O) groups is 1. The summed E-state index contributed by atoms with van der Waals surface area (Å²) in [5, 5.41) is 6.23. The Morgan fingerprint density at radius 1 is 0.742 bits per heavy atom. The van der Waals surface area contributed by atoms with Gasteiger partial charge in [0.05, 0.1) is 28.4 Å². The van der Waals surface area contributed by atoms with Gasteiger partial charge in [-0.25, -0.2) is 0 Å². The van der Waals surface area contributed by atoms with Gasteiger partial charge < -0.3 is 29.6 Å². The normalized spacial score (nSPS) is 11.2. The molecule has 3 aromatic rings. The highest BCUT2D eigenvalue weighted by molar-refractivity contribution is 5.97. The Kier molecular flexibility index (Phi) is 7.22. The molecule has 7 nitrogen and oxygen atoms in total. The number of carbonyl (C=O) groups excluding carboxylic acids is 1. The SMILES string of the molecule is COc1cccc(NC(=O)[C@H](Nc2cc(OC)c(OC)c(OC)c2)c2ccccc2)c1. The van der Waals surface area contributed by atoms with E-state index in [9.17, 15) is 4.79 Å². The van der Waals surface area contributed by atoms with E-state index < -0.39 is 6.04 Å². The minimum atomic E-state index is -0.671. The molecule has 1 amide bonds. The maximum absolute atomic E-state index is 13.2. The van der Waals surface area contributed by atoms with E-state index in [1.165, 1.54) is 0 Å². The van der Waals surface area contributed by atoms with Crippen molar-refractivity contribution in [3.8, 4) is 23.0 Å². The first-order valence-corrected chi connectivity index (χ1v) is 9.66. The van der Waals surface area contributed by atoms with Crippen LogP contribution in [-0.4, -0.2) is 34.3 Å². The highest BCUT2D eigenvalue weighted by atomic mass is 16.5. The van der Waals surface area contributed by atoms with Crippen LogP contribution in [0.4, 0.5) is 11.4 Å². The molecule has 1 atom stereocenters. The predicted octanol–water partition coefficient (Wildman–Crippen LogP) is 4.51. The van der Waals surface area contributed by atoms with Crippen molar-refractivity contribution < 1.29 is 23.7 Å². The second kappa shape index (κ2) is 10.2. The summed E-state index contributed by atoms with van der Waals surface area (Å²) in [6.45, 7) is 0. The zero-order valence-electron chi connectivity index (χ0n) is 18.0. The van der Waals surface area contributed by atoms with Crippen molar-refractivity contribution in [2.45, 2.75) is 6.04 Å². The van der Waals surface area contributed by atoms with Gasteiger partial charge in [0, 0.05) is 29.6 Å². The minimum Gasteiger partial charge on any atom is -0.497 e. The number of rotatable bonds is 9. The third-order valence-electron chi connectivity index (χ3n) is 4.71. The van der Waals surface area contributed by atoms with Crippen LogP contribution in [0.15, 0.2) is 66.7 Å². The molecule has 31 heavy (non-hydrogen) atoms. The van der Waals surface area contributed by atoms with E-state index in [4.69, 9.17) is 18.9 Å². The van der Waals surface area contributed by atoms with Crippen molar-refractivity contribution in [2.24, 2.45) is 0 Å². The van der Waals surface area contributed by atoms with Crippen LogP contribution in [0.2, 0.25) is 0 Å². The van der Waals surface area contributed by atoms with E-state index in [2.05, 4.69) is 10.6 Å². The summed E-state index contributed by atoms with van der Waals surface area (Å²) >= 11 is 0. The van der Waals surface area contributed by atoms with Crippen LogP contribution >= 0.6 is 0 Å². The van der Waals surface area contributed by atoms with Crippen LogP contribution in [0, 0.1) is 0 Å². The Hall–Kier alpha value is -3.87. The molecule has 3 aromatic carbocycles. The molecule has 0 bridgehead atoms. The van der Waals surface area contributed by atoms with E-state index in [0.717, 1.165) is 5.56 Å². The summed E-state index contributed by atoms with van der Waals surface area (Å²) in [7, 11) is 6.22. The Morgan fingerprint density at radius 3 is 2.00 bits per heavy atom. The van der Waals surface area contributed by atoms with Crippen LogP contribution in [-0.2, 0) is 4.79 Å². The number of hydrogen-bond donors (Lipinski definition) is 2. The summed E-state index contributed by atoms with van der Waals surface area (Å²) in [4.78, 5) is 13.2. The molecule has 0 fully saturated rings. The van der Waals surface area contributed by atoms with Gasteiger partial charge in [-0.2, -0.15) is 0 Å². The number of nitrogens with one attached hydrogen (secondary N) is 2. The third kappa shape index (κ3) is 5.19. The molecule has 0 heterocycles. The Bertz CT molecular complexity index is 998. The van der Waals surface area contributed by atoms with E-state index in [0.29, 0.717) is 34.4 Å². The van der Waals surface area contributed by atoms with Crippen LogP contribution in [0.1, 0.15) is 11.6 Å². The van der Waals surface area contributed by atoms with Crippen molar-refractivity contribution in [2.75, 3.05) is 39.1 Å². The van der Waals surface area contributed by atoms with E-state index >= 15 is 0 Å². The smallest absolute Gasteiger partial charge is 0.251 e. The van der Waals surface area contributed by atoms with Gasteiger partial charge >= 0.3 is 0 Å². The highest BCUT2D eigenvalue weighted by Gasteiger charge is 2.22. The molecule has 0 aliphatic carbocycles. The third-order valence-corrected chi connectivity index (χ3v) is 4.71. The Balaban J connectivity index is 1.94. The van der Waals surface area contributed by atoms with Gasteiger partial charge in [0.15, 0.2) is 11.5 Å². The minimum absolute atomic E-state index is 0.229. The highest BCUT2D eigenvalue weighted by Crippen LogP contribution is 2.40. The fraction of sp³-hybridized carbons (Fsp3) is 0.208. The molecule has 0 spiro atoms. The number of ether oxygens (including phenoxy) is 4. The lowest BCUT2D eigenvalue weighted by atomic mass is 10.1. The van der Waals surface area contributed by atoms with Crippen molar-refractivity contribution in [3.63, 3.8) is 0 Å². The van der Waals surface area contributed by atoms with E-state index in [1.54, 1.807) is 46.6 Å². The maximum atomic E-state index is 13.2. The van der Waals surface area contributed by atoms with Crippen molar-refractivity contribution in [1.29, 1.82) is 0 Å². The lowest BCUT2D eigenvalue weighted by Gasteiger charge is -2.22. The van der Waals surface area contributed by atoms with Gasteiger partial charge in [0.25, 0.3) is 5.91 Å². The van der Waals surface area contributed by atoms with Gasteiger partial charge in [-0.3, -0.25) is 4.79 Å². The average Bonchev–Trinajstić information content (AvgIpc) is 2.82. The number of amides is 1. The molecule has 7 heteroatoms. The zero-order valence-corrected chi connectivity index (χ0v) is 18.0. The maximum Gasteiger partial charge on any atom is 0.251 e. The second-order valence-corrected chi connectivity index (χ2v) is 6.62. The lowest BCUT2D eigenvalue weighted by molar-refractivity contribution is -0.117. The van der Waals surface area contributed by atoms with Crippen LogP contribution in [0.3, 0.4) is 0 Å². The average molecular weight is 422 g/mol. The summed E-state index contributed by atoms with van der Waals surface area (Å²) in [5.74, 6) is 1.89. The summed E-state index contributed by atoms with van der Waals surface area (Å²) in [5.41, 5.74) is 2.08. The van der Waals surface area contributed by atoms with E-state index in [1.807, 2.05) is 48.5 Å². The van der Waals surface area contributed by atoms with Gasteiger partial charge in [-0.05, 0) is 17.7 Å².